The summed E-state index contributed by atoms with van der Waals surface area (Å²) < 4.78 is 0. The Kier molecular flexibility index (Phi) is 7.48. The number of anilines is 1. The first-order chi connectivity index (χ1) is 14.1. The fourth-order valence-electron chi connectivity index (χ4n) is 3.52. The lowest BCUT2D eigenvalue weighted by molar-refractivity contribution is 0.293. The van der Waals surface area contributed by atoms with Gasteiger partial charge in [-0.3, -0.25) is 0 Å². The van der Waals surface area contributed by atoms with Gasteiger partial charge in [-0.1, -0.05) is 18.2 Å². The minimum absolute atomic E-state index is 0.126. The van der Waals surface area contributed by atoms with E-state index in [0.29, 0.717) is 30.7 Å². The van der Waals surface area contributed by atoms with Crippen LogP contribution in [0.25, 0.3) is 21.5 Å². The number of hydrogen-bond donors (Lipinski definition) is 7. The lowest BCUT2D eigenvalue weighted by Gasteiger charge is -2.15. The number of aliphatic hydroxyl groups is 1. The highest BCUT2D eigenvalue weighted by atomic mass is 16.3. The molecule has 7 nitrogen and oxygen atoms in total. The smallest absolute Gasteiger partial charge is 0.133 e. The largest absolute Gasteiger partial charge is 0.508 e. The van der Waals surface area contributed by atoms with Crippen molar-refractivity contribution in [3.8, 4) is 11.5 Å². The van der Waals surface area contributed by atoms with Crippen LogP contribution in [0.5, 0.6) is 11.5 Å². The predicted octanol–water partition coefficient (Wildman–Crippen LogP) is 1.49. The first-order valence-corrected chi connectivity index (χ1v) is 10.0. The molecule has 156 valence electrons. The van der Waals surface area contributed by atoms with E-state index in [1.165, 1.54) is 0 Å². The molecular formula is C22H30N4O3. The van der Waals surface area contributed by atoms with Gasteiger partial charge in [0.1, 0.15) is 11.5 Å². The summed E-state index contributed by atoms with van der Waals surface area (Å²) >= 11 is 0. The van der Waals surface area contributed by atoms with Crippen LogP contribution in [0.1, 0.15) is 5.56 Å². The van der Waals surface area contributed by atoms with Crippen LogP contribution in [0.3, 0.4) is 0 Å². The molecule has 0 fully saturated rings. The Balaban J connectivity index is 1.89. The zero-order valence-electron chi connectivity index (χ0n) is 16.5. The van der Waals surface area contributed by atoms with Gasteiger partial charge < -0.3 is 37.0 Å². The Morgan fingerprint density at radius 1 is 0.828 bits per heavy atom. The molecule has 8 N–H and O–H groups in total. The average molecular weight is 399 g/mol. The van der Waals surface area contributed by atoms with Gasteiger partial charge in [-0.15, -0.1) is 0 Å². The summed E-state index contributed by atoms with van der Waals surface area (Å²) in [6.07, 6.45) is 0.831. The van der Waals surface area contributed by atoms with Crippen LogP contribution in [0, 0.1) is 0 Å². The van der Waals surface area contributed by atoms with Crippen LogP contribution >= 0.6 is 0 Å². The second kappa shape index (κ2) is 10.3. The number of aliphatic hydroxyl groups excluding tert-OH is 1. The topological polar surface area (TPSA) is 123 Å². The van der Waals surface area contributed by atoms with Gasteiger partial charge in [0.15, 0.2) is 0 Å². The van der Waals surface area contributed by atoms with E-state index in [0.717, 1.165) is 47.8 Å². The van der Waals surface area contributed by atoms with Gasteiger partial charge in [0.25, 0.3) is 0 Å². The van der Waals surface area contributed by atoms with Crippen molar-refractivity contribution in [3.05, 3.63) is 42.0 Å². The van der Waals surface area contributed by atoms with Gasteiger partial charge in [-0.25, -0.2) is 0 Å². The summed E-state index contributed by atoms with van der Waals surface area (Å²) in [7, 11) is 0. The van der Waals surface area contributed by atoms with Crippen molar-refractivity contribution >= 4 is 27.2 Å². The third-order valence-electron chi connectivity index (χ3n) is 4.89. The number of fused-ring (bicyclic) bond motifs is 2. The van der Waals surface area contributed by atoms with E-state index in [1.807, 2.05) is 18.2 Å². The molecule has 0 saturated carbocycles. The Hall–Kier alpha value is -2.58. The maximum absolute atomic E-state index is 11.0. The van der Waals surface area contributed by atoms with Crippen LogP contribution in [0.2, 0.25) is 0 Å². The van der Waals surface area contributed by atoms with Crippen LogP contribution in [0.15, 0.2) is 36.4 Å². The highest BCUT2D eigenvalue weighted by molar-refractivity contribution is 6.10. The molecule has 0 saturated heterocycles. The third-order valence-corrected chi connectivity index (χ3v) is 4.89. The second-order valence-corrected chi connectivity index (χ2v) is 7.06. The van der Waals surface area contributed by atoms with E-state index >= 15 is 0 Å². The van der Waals surface area contributed by atoms with Gasteiger partial charge in [-0.2, -0.15) is 0 Å². The molecule has 3 rings (SSSR count). The normalized spacial score (nSPS) is 11.4. The second-order valence-electron chi connectivity index (χ2n) is 7.06. The Bertz CT molecular complexity index is 962. The highest BCUT2D eigenvalue weighted by Crippen LogP contribution is 2.40. The molecule has 0 amide bonds. The van der Waals surface area contributed by atoms with Crippen molar-refractivity contribution < 1.29 is 15.3 Å². The summed E-state index contributed by atoms with van der Waals surface area (Å²) in [6.45, 7) is 4.19. The van der Waals surface area contributed by atoms with Crippen molar-refractivity contribution in [2.75, 3.05) is 51.2 Å². The lowest BCUT2D eigenvalue weighted by Crippen LogP contribution is -2.27. The molecule has 3 aromatic rings. The lowest BCUT2D eigenvalue weighted by atomic mass is 9.98. The molecule has 29 heavy (non-hydrogen) atoms. The monoisotopic (exact) mass is 398 g/mol. The first-order valence-electron chi connectivity index (χ1n) is 10.0. The predicted molar refractivity (Wildman–Crippen MR) is 119 cm³/mol. The number of aromatic hydroxyl groups is 2. The van der Waals surface area contributed by atoms with Crippen LogP contribution in [-0.4, -0.2) is 61.2 Å². The molecule has 0 aromatic heterocycles. The molecule has 3 aromatic carbocycles. The number of phenolic OH excluding ortho intramolecular Hbond substituents is 2. The van der Waals surface area contributed by atoms with Gasteiger partial charge in [0, 0.05) is 55.2 Å². The minimum atomic E-state index is 0.126. The van der Waals surface area contributed by atoms with E-state index in [4.69, 9.17) is 10.8 Å². The third kappa shape index (κ3) is 5.27. The quantitative estimate of drug-likeness (QED) is 0.193. The van der Waals surface area contributed by atoms with Crippen molar-refractivity contribution in [1.29, 1.82) is 0 Å². The SMILES string of the molecule is NCCNCCNc1cc(O)cc2cc3cc(CCNCCO)ccc3c(O)c12. The molecule has 0 aliphatic heterocycles. The summed E-state index contributed by atoms with van der Waals surface area (Å²) in [6, 6.07) is 11.3. The number of phenols is 2. The van der Waals surface area contributed by atoms with E-state index in [-0.39, 0.29) is 18.1 Å². The molecule has 0 aliphatic rings. The maximum Gasteiger partial charge on any atom is 0.133 e. The molecule has 7 heteroatoms. The summed E-state index contributed by atoms with van der Waals surface area (Å²) in [4.78, 5) is 0. The van der Waals surface area contributed by atoms with E-state index < -0.39 is 0 Å². The van der Waals surface area contributed by atoms with Gasteiger partial charge >= 0.3 is 0 Å². The van der Waals surface area contributed by atoms with Crippen molar-refractivity contribution in [2.45, 2.75) is 6.42 Å². The zero-order valence-corrected chi connectivity index (χ0v) is 16.5. The average Bonchev–Trinajstić information content (AvgIpc) is 2.70. The maximum atomic E-state index is 11.0. The van der Waals surface area contributed by atoms with E-state index in [9.17, 15) is 10.2 Å². The molecule has 0 unspecified atom stereocenters. The first kappa shape index (κ1) is 21.1. The Labute approximate surface area is 170 Å². The molecule has 0 heterocycles. The van der Waals surface area contributed by atoms with Crippen molar-refractivity contribution in [2.24, 2.45) is 5.73 Å². The number of benzene rings is 3. The molecular weight excluding hydrogens is 368 g/mol. The van der Waals surface area contributed by atoms with Gasteiger partial charge in [-0.05, 0) is 41.4 Å². The summed E-state index contributed by atoms with van der Waals surface area (Å²) in [5.74, 6) is 0.359. The van der Waals surface area contributed by atoms with E-state index in [2.05, 4.69) is 22.0 Å². The summed E-state index contributed by atoms with van der Waals surface area (Å²) in [5.41, 5.74) is 7.32. The number of nitrogens with two attached hydrogens (primary N) is 1. The fourth-order valence-corrected chi connectivity index (χ4v) is 3.52. The molecule has 0 bridgehead atoms. The number of hydrogen-bond acceptors (Lipinski definition) is 7. The molecule has 0 spiro atoms. The number of rotatable bonds is 11. The van der Waals surface area contributed by atoms with E-state index in [1.54, 1.807) is 12.1 Å². The Morgan fingerprint density at radius 3 is 2.45 bits per heavy atom. The van der Waals surface area contributed by atoms with Crippen LogP contribution < -0.4 is 21.7 Å². The summed E-state index contributed by atoms with van der Waals surface area (Å²) in [5, 5.41) is 42.8. The standard InChI is InChI=1S/C22H30N4O3/c23-4-6-25-7-8-26-20-14-18(28)13-17-12-16-11-15(3-5-24-9-10-27)1-2-19(16)22(29)21(17)20/h1-2,11-14,24-29H,3-10,23H2. The zero-order chi connectivity index (χ0) is 20.6. The number of nitrogens with one attached hydrogen (secondary N) is 3. The van der Waals surface area contributed by atoms with Crippen LogP contribution in [-0.2, 0) is 6.42 Å². The van der Waals surface area contributed by atoms with Gasteiger partial charge in [0.2, 0.25) is 0 Å². The molecule has 0 radical (unpaired) electrons. The van der Waals surface area contributed by atoms with Crippen molar-refractivity contribution in [3.63, 3.8) is 0 Å². The molecule has 0 aliphatic carbocycles. The highest BCUT2D eigenvalue weighted by Gasteiger charge is 2.13. The van der Waals surface area contributed by atoms with Crippen LogP contribution in [0.4, 0.5) is 5.69 Å². The minimum Gasteiger partial charge on any atom is -0.508 e. The Morgan fingerprint density at radius 2 is 1.66 bits per heavy atom. The fraction of sp³-hybridized carbons (Fsp3) is 0.364. The molecule has 0 atom stereocenters. The van der Waals surface area contributed by atoms with Gasteiger partial charge in [0.05, 0.1) is 6.61 Å². The van der Waals surface area contributed by atoms with Crippen molar-refractivity contribution in [1.82, 2.24) is 10.6 Å².